The lowest BCUT2D eigenvalue weighted by Gasteiger charge is -2.13. The summed E-state index contributed by atoms with van der Waals surface area (Å²) in [4.78, 5) is 5.65. The minimum absolute atomic E-state index is 0.444. The summed E-state index contributed by atoms with van der Waals surface area (Å²) in [5.74, 6) is 0.822. The number of aromatic nitrogens is 1. The fraction of sp³-hybridized carbons (Fsp3) is 0.148. The van der Waals surface area contributed by atoms with E-state index in [4.69, 9.17) is 9.57 Å². The zero-order valence-electron chi connectivity index (χ0n) is 18.1. The Labute approximate surface area is 183 Å². The van der Waals surface area contributed by atoms with Crippen LogP contribution >= 0.6 is 0 Å². The zero-order chi connectivity index (χ0) is 21.6. The van der Waals surface area contributed by atoms with Crippen molar-refractivity contribution in [3.05, 3.63) is 108 Å². The molecule has 0 saturated carbocycles. The Balaban J connectivity index is 1.73. The molecule has 0 fully saturated rings. The number of hydrogen-bond acceptors (Lipinski definition) is 3. The second-order valence-corrected chi connectivity index (χ2v) is 7.37. The van der Waals surface area contributed by atoms with Crippen molar-refractivity contribution < 1.29 is 9.57 Å². The second kappa shape index (κ2) is 9.35. The third kappa shape index (κ3) is 4.53. The molecule has 31 heavy (non-hydrogen) atoms. The highest BCUT2D eigenvalue weighted by atomic mass is 16.6. The lowest BCUT2D eigenvalue weighted by atomic mass is 10.1. The molecule has 0 bridgehead atoms. The Hall–Kier alpha value is -3.79. The number of benzene rings is 3. The summed E-state index contributed by atoms with van der Waals surface area (Å²) in [6.45, 7) is 4.54. The minimum atomic E-state index is 0.444. The first-order valence-electron chi connectivity index (χ1n) is 10.3. The van der Waals surface area contributed by atoms with Gasteiger partial charge in [-0.15, -0.1) is 0 Å². The Bertz CT molecular complexity index is 1180. The van der Waals surface area contributed by atoms with E-state index in [1.165, 1.54) is 0 Å². The minimum Gasteiger partial charge on any atom is -0.497 e. The van der Waals surface area contributed by atoms with E-state index in [-0.39, 0.29) is 0 Å². The van der Waals surface area contributed by atoms with Crippen LogP contribution in [0.25, 0.3) is 16.9 Å². The van der Waals surface area contributed by atoms with E-state index >= 15 is 0 Å². The van der Waals surface area contributed by atoms with Crippen LogP contribution < -0.4 is 4.74 Å². The highest BCUT2D eigenvalue weighted by molar-refractivity contribution is 6.01. The molecule has 0 spiro atoms. The predicted molar refractivity (Wildman–Crippen MR) is 126 cm³/mol. The Morgan fingerprint density at radius 3 is 2.29 bits per heavy atom. The molecule has 1 aromatic heterocycles. The lowest BCUT2D eigenvalue weighted by molar-refractivity contribution is 0.130. The van der Waals surface area contributed by atoms with Crippen LogP contribution in [0.5, 0.6) is 5.75 Å². The molecule has 0 saturated heterocycles. The van der Waals surface area contributed by atoms with E-state index in [1.807, 2.05) is 61.5 Å². The molecule has 0 amide bonds. The maximum Gasteiger partial charge on any atom is 0.142 e. The molecule has 0 aliphatic rings. The van der Waals surface area contributed by atoms with Crippen molar-refractivity contribution in [3.8, 4) is 22.7 Å². The fourth-order valence-corrected chi connectivity index (χ4v) is 3.70. The molecular formula is C27H26N2O2. The van der Waals surface area contributed by atoms with Crippen molar-refractivity contribution >= 4 is 5.71 Å². The van der Waals surface area contributed by atoms with E-state index in [0.29, 0.717) is 6.61 Å². The fourth-order valence-electron chi connectivity index (χ4n) is 3.70. The van der Waals surface area contributed by atoms with Gasteiger partial charge in [0, 0.05) is 23.0 Å². The number of methoxy groups -OCH3 is 1. The molecule has 4 aromatic rings. The summed E-state index contributed by atoms with van der Waals surface area (Å²) in [7, 11) is 1.69. The molecular weight excluding hydrogens is 384 g/mol. The summed E-state index contributed by atoms with van der Waals surface area (Å²) in [5, 5.41) is 4.40. The van der Waals surface area contributed by atoms with Crippen LogP contribution in [-0.2, 0) is 11.4 Å². The molecule has 4 nitrogen and oxygen atoms in total. The van der Waals surface area contributed by atoms with Crippen molar-refractivity contribution in [1.82, 2.24) is 4.57 Å². The van der Waals surface area contributed by atoms with E-state index in [1.54, 1.807) is 7.11 Å². The largest absolute Gasteiger partial charge is 0.497 e. The predicted octanol–water partition coefficient (Wildman–Crippen LogP) is 6.40. The molecule has 1 heterocycles. The second-order valence-electron chi connectivity index (χ2n) is 7.37. The average molecular weight is 411 g/mol. The van der Waals surface area contributed by atoms with Crippen molar-refractivity contribution in [1.29, 1.82) is 0 Å². The maximum absolute atomic E-state index is 5.65. The van der Waals surface area contributed by atoms with Crippen molar-refractivity contribution in [2.75, 3.05) is 7.11 Å². The molecule has 0 aliphatic carbocycles. The first-order chi connectivity index (χ1) is 15.2. The quantitative estimate of drug-likeness (QED) is 0.261. The molecule has 0 aliphatic heterocycles. The van der Waals surface area contributed by atoms with Gasteiger partial charge in [0.15, 0.2) is 0 Å². The maximum atomic E-state index is 5.65. The molecule has 4 heteroatoms. The van der Waals surface area contributed by atoms with Crippen LogP contribution in [-0.4, -0.2) is 17.4 Å². The van der Waals surface area contributed by atoms with Gasteiger partial charge < -0.3 is 14.1 Å². The topological polar surface area (TPSA) is 35.8 Å². The van der Waals surface area contributed by atoms with Crippen LogP contribution in [0.4, 0.5) is 0 Å². The van der Waals surface area contributed by atoms with Gasteiger partial charge in [0.2, 0.25) is 0 Å². The van der Waals surface area contributed by atoms with E-state index in [2.05, 4.69) is 53.0 Å². The lowest BCUT2D eigenvalue weighted by Crippen LogP contribution is -2.03. The average Bonchev–Trinajstić information content (AvgIpc) is 3.17. The highest BCUT2D eigenvalue weighted by Crippen LogP contribution is 2.31. The molecule has 0 N–H and O–H groups in total. The van der Waals surface area contributed by atoms with Gasteiger partial charge >= 0.3 is 0 Å². The monoisotopic (exact) mass is 410 g/mol. The highest BCUT2D eigenvalue weighted by Gasteiger charge is 2.17. The van der Waals surface area contributed by atoms with Crippen molar-refractivity contribution in [3.63, 3.8) is 0 Å². The summed E-state index contributed by atoms with van der Waals surface area (Å²) < 4.78 is 7.69. The number of hydrogen-bond donors (Lipinski definition) is 0. The normalized spacial score (nSPS) is 11.4. The Morgan fingerprint density at radius 2 is 1.58 bits per heavy atom. The zero-order valence-corrected chi connectivity index (χ0v) is 18.1. The Morgan fingerprint density at radius 1 is 0.871 bits per heavy atom. The van der Waals surface area contributed by atoms with Gasteiger partial charge in [0.1, 0.15) is 12.4 Å². The van der Waals surface area contributed by atoms with Gasteiger partial charge in [-0.05, 0) is 43.2 Å². The number of rotatable bonds is 7. The van der Waals surface area contributed by atoms with Crippen LogP contribution in [0.2, 0.25) is 0 Å². The first kappa shape index (κ1) is 20.5. The standard InChI is InChI=1S/C27H26N2O2/c1-20(28-31-19-22-11-6-4-7-12-22)26-18-27(23-13-8-5-9-14-23)29(21(26)2)24-15-10-16-25(17-24)30-3/h4-18H,19H2,1-3H3/b28-20-. The van der Waals surface area contributed by atoms with Gasteiger partial charge in [-0.2, -0.15) is 0 Å². The summed E-state index contributed by atoms with van der Waals surface area (Å²) in [6, 6.07) is 30.7. The van der Waals surface area contributed by atoms with Crippen molar-refractivity contribution in [2.24, 2.45) is 5.16 Å². The van der Waals surface area contributed by atoms with E-state index in [9.17, 15) is 0 Å². The van der Waals surface area contributed by atoms with Crippen molar-refractivity contribution in [2.45, 2.75) is 20.5 Å². The third-order valence-corrected chi connectivity index (χ3v) is 5.29. The summed E-state index contributed by atoms with van der Waals surface area (Å²) in [5.41, 5.74) is 7.35. The van der Waals surface area contributed by atoms with Gasteiger partial charge in [0.25, 0.3) is 0 Å². The van der Waals surface area contributed by atoms with Gasteiger partial charge in [-0.1, -0.05) is 71.9 Å². The van der Waals surface area contributed by atoms with Gasteiger partial charge in [-0.25, -0.2) is 0 Å². The molecule has 0 unspecified atom stereocenters. The van der Waals surface area contributed by atoms with E-state index in [0.717, 1.165) is 45.2 Å². The number of nitrogens with zero attached hydrogens (tertiary/aromatic N) is 2. The molecule has 3 aromatic carbocycles. The molecule has 156 valence electrons. The van der Waals surface area contributed by atoms with Crippen LogP contribution in [0.15, 0.2) is 96.2 Å². The van der Waals surface area contributed by atoms with Gasteiger partial charge in [0.05, 0.1) is 18.5 Å². The number of oxime groups is 1. The first-order valence-corrected chi connectivity index (χ1v) is 10.3. The van der Waals surface area contributed by atoms with Gasteiger partial charge in [-0.3, -0.25) is 0 Å². The summed E-state index contributed by atoms with van der Waals surface area (Å²) in [6.07, 6.45) is 0. The van der Waals surface area contributed by atoms with Crippen LogP contribution in [0.3, 0.4) is 0 Å². The molecule has 0 radical (unpaired) electrons. The summed E-state index contributed by atoms with van der Waals surface area (Å²) >= 11 is 0. The smallest absolute Gasteiger partial charge is 0.142 e. The van der Waals surface area contributed by atoms with Crippen LogP contribution in [0.1, 0.15) is 23.7 Å². The van der Waals surface area contributed by atoms with Crippen LogP contribution in [0, 0.1) is 6.92 Å². The molecule has 4 rings (SSSR count). The number of ether oxygens (including phenoxy) is 1. The molecule has 0 atom stereocenters. The van der Waals surface area contributed by atoms with E-state index < -0.39 is 0 Å². The third-order valence-electron chi connectivity index (χ3n) is 5.29. The SMILES string of the molecule is COc1cccc(-n2c(-c3ccccc3)cc(/C(C)=N\OCc3ccccc3)c2C)c1. The Kier molecular flexibility index (Phi) is 6.18.